The molecule has 0 spiro atoms. The van der Waals surface area contributed by atoms with Gasteiger partial charge >= 0.3 is 11.6 Å². The lowest BCUT2D eigenvalue weighted by atomic mass is 9.94. The van der Waals surface area contributed by atoms with E-state index in [1.165, 1.54) is 32.4 Å². The number of esters is 1. The molecule has 0 saturated carbocycles. The second kappa shape index (κ2) is 14.4. The molecule has 0 fully saturated rings. The largest absolute Gasteiger partial charge is 0.507 e. The number of thiazole rings is 1. The molecule has 1 N–H and O–H groups in total. The molecule has 0 aliphatic rings. The minimum absolute atomic E-state index is 0.0800. The molecule has 3 aromatic rings. The van der Waals surface area contributed by atoms with Crippen LogP contribution in [0.15, 0.2) is 45.6 Å². The predicted octanol–water partition coefficient (Wildman–Crippen LogP) is 5.45. The normalized spacial score (nSPS) is 13.6. The third kappa shape index (κ3) is 8.52. The Balaban J connectivity index is 1.82. The highest BCUT2D eigenvalue weighted by Crippen LogP contribution is 2.42. The van der Waals surface area contributed by atoms with Crippen LogP contribution >= 0.6 is 22.9 Å². The molecule has 0 bridgehead atoms. The number of hydrogen-bond donors (Lipinski definition) is 1. The molecule has 0 aliphatic heterocycles. The SMILES string of the molecule is COC(=O)/C=C/CCCc1cc(O)c(C(=O)C(C)C(OS(C)=O)c2sc(Oc3ccc(F)c(F)c3)nc2Cl)c(=O)o1. The fraction of sp³-hybridized carbons (Fsp3) is 0.308. The van der Waals surface area contributed by atoms with E-state index in [2.05, 4.69) is 9.72 Å². The number of rotatable bonds is 13. The van der Waals surface area contributed by atoms with E-state index >= 15 is 0 Å². The second-order valence-electron chi connectivity index (χ2n) is 8.46. The van der Waals surface area contributed by atoms with Crippen LogP contribution in [0, 0.1) is 17.6 Å². The number of aromatic nitrogens is 1. The van der Waals surface area contributed by atoms with Crippen LogP contribution in [0.4, 0.5) is 8.78 Å². The third-order valence-electron chi connectivity index (χ3n) is 5.53. The van der Waals surface area contributed by atoms with E-state index in [-0.39, 0.29) is 33.2 Å². The number of carbonyl (C=O) groups is 2. The van der Waals surface area contributed by atoms with E-state index < -0.39 is 63.4 Å². The molecule has 0 radical (unpaired) electrons. The van der Waals surface area contributed by atoms with Crippen molar-refractivity contribution in [3.8, 4) is 16.7 Å². The average Bonchev–Trinajstić information content (AvgIpc) is 3.27. The van der Waals surface area contributed by atoms with Crippen molar-refractivity contribution < 1.29 is 45.8 Å². The summed E-state index contributed by atoms with van der Waals surface area (Å²) in [5, 5.41) is 10.2. The van der Waals surface area contributed by atoms with Crippen LogP contribution in [0.5, 0.6) is 16.7 Å². The number of ether oxygens (including phenoxy) is 2. The molecule has 41 heavy (non-hydrogen) atoms. The topological polar surface area (TPSA) is 142 Å². The fourth-order valence-electron chi connectivity index (χ4n) is 3.54. The van der Waals surface area contributed by atoms with Crippen molar-refractivity contribution in [3.63, 3.8) is 0 Å². The van der Waals surface area contributed by atoms with Crippen molar-refractivity contribution >= 4 is 45.8 Å². The maximum atomic E-state index is 13.6. The van der Waals surface area contributed by atoms with Crippen LogP contribution in [-0.2, 0) is 31.2 Å². The average molecular weight is 632 g/mol. The maximum absolute atomic E-state index is 13.6. The van der Waals surface area contributed by atoms with Crippen LogP contribution < -0.4 is 10.4 Å². The van der Waals surface area contributed by atoms with Gasteiger partial charge in [-0.25, -0.2) is 22.6 Å². The number of methoxy groups -OCH3 is 1. The van der Waals surface area contributed by atoms with Crippen molar-refractivity contribution in [1.82, 2.24) is 4.98 Å². The van der Waals surface area contributed by atoms with Gasteiger partial charge in [0.25, 0.3) is 5.19 Å². The maximum Gasteiger partial charge on any atom is 0.350 e. The number of halogens is 3. The molecule has 2 aromatic heterocycles. The third-order valence-corrected chi connectivity index (χ3v) is 7.40. The number of aromatic hydroxyl groups is 1. The lowest BCUT2D eigenvalue weighted by Gasteiger charge is -2.21. The standard InChI is InChI=1S/C26H24ClF2NO9S2/c1-13(21(33)20-18(31)12-14(37-25(20)34)7-5-4-6-8-19(32)36-2)22(39-41(3)35)23-24(27)30-26(40-23)38-15-9-10-16(28)17(29)11-15/h6,8-13,22,31H,4-5,7H2,1-3H3/b8-6+. The van der Waals surface area contributed by atoms with E-state index in [0.29, 0.717) is 12.8 Å². The van der Waals surface area contributed by atoms with Gasteiger partial charge in [0.2, 0.25) is 0 Å². The lowest BCUT2D eigenvalue weighted by molar-refractivity contribution is -0.134. The molecule has 0 saturated heterocycles. The number of carbonyl (C=O) groups excluding carboxylic acids is 2. The van der Waals surface area contributed by atoms with Gasteiger partial charge in [0.05, 0.1) is 17.9 Å². The van der Waals surface area contributed by atoms with E-state index in [0.717, 1.165) is 29.5 Å². The number of Topliss-reactive ketones (excluding diaryl/α,β-unsaturated/α-hetero) is 1. The minimum Gasteiger partial charge on any atom is -0.507 e. The summed E-state index contributed by atoms with van der Waals surface area (Å²) in [7, 11) is 1.25. The van der Waals surface area contributed by atoms with Crippen LogP contribution in [0.2, 0.25) is 5.15 Å². The first kappa shape index (κ1) is 32.1. The Labute approximate surface area is 244 Å². The molecular formula is C26H24ClF2NO9S2. The number of unbranched alkanes of at least 4 members (excludes halogenated alkanes) is 1. The van der Waals surface area contributed by atoms with Gasteiger partial charge in [0, 0.05) is 30.9 Å². The first-order chi connectivity index (χ1) is 19.4. The summed E-state index contributed by atoms with van der Waals surface area (Å²) in [5.41, 5.74) is -1.72. The fourth-order valence-corrected chi connectivity index (χ4v) is 5.47. The Kier molecular flexibility index (Phi) is 11.3. The van der Waals surface area contributed by atoms with E-state index in [1.807, 2.05) is 0 Å². The highest BCUT2D eigenvalue weighted by atomic mass is 35.5. The summed E-state index contributed by atoms with van der Waals surface area (Å²) < 4.78 is 59.4. The minimum atomic E-state index is -1.92. The zero-order valence-electron chi connectivity index (χ0n) is 21.9. The number of hydrogen-bond acceptors (Lipinski definition) is 11. The molecule has 10 nitrogen and oxygen atoms in total. The van der Waals surface area contributed by atoms with Crippen LogP contribution in [0.1, 0.15) is 46.9 Å². The number of nitrogens with zero attached hydrogens (tertiary/aromatic N) is 1. The summed E-state index contributed by atoms with van der Waals surface area (Å²) in [6.07, 6.45) is 3.90. The molecule has 0 aliphatic carbocycles. The van der Waals surface area contributed by atoms with E-state index in [9.17, 15) is 32.5 Å². The van der Waals surface area contributed by atoms with Gasteiger partial charge in [-0.2, -0.15) is 4.98 Å². The van der Waals surface area contributed by atoms with Gasteiger partial charge in [-0.05, 0) is 25.0 Å². The summed E-state index contributed by atoms with van der Waals surface area (Å²) in [6, 6.07) is 3.97. The lowest BCUT2D eigenvalue weighted by Crippen LogP contribution is -2.26. The van der Waals surface area contributed by atoms with Gasteiger partial charge < -0.3 is 19.0 Å². The number of benzene rings is 1. The first-order valence-electron chi connectivity index (χ1n) is 11.9. The van der Waals surface area contributed by atoms with Gasteiger partial charge in [-0.15, -0.1) is 0 Å². The van der Waals surface area contributed by atoms with E-state index in [4.69, 9.17) is 24.9 Å². The van der Waals surface area contributed by atoms with Crippen molar-refractivity contribution in [1.29, 1.82) is 0 Å². The van der Waals surface area contributed by atoms with Crippen LogP contribution in [0.25, 0.3) is 0 Å². The zero-order valence-corrected chi connectivity index (χ0v) is 24.2. The molecule has 15 heteroatoms. The predicted molar refractivity (Wildman–Crippen MR) is 146 cm³/mol. The molecule has 220 valence electrons. The number of aryl methyl sites for hydroxylation is 1. The van der Waals surface area contributed by atoms with Crippen molar-refractivity contribution in [3.05, 3.63) is 79.8 Å². The van der Waals surface area contributed by atoms with Gasteiger partial charge in [-0.1, -0.05) is 35.9 Å². The van der Waals surface area contributed by atoms with Crippen molar-refractivity contribution in [2.45, 2.75) is 32.3 Å². The highest BCUT2D eigenvalue weighted by molar-refractivity contribution is 7.79. The Hall–Kier alpha value is -3.46. The number of allylic oxidation sites excluding steroid dienone is 1. The monoisotopic (exact) mass is 631 g/mol. The number of ketones is 1. The molecule has 3 unspecified atom stereocenters. The molecule has 1 aromatic carbocycles. The Bertz CT molecular complexity index is 1540. The van der Waals surface area contributed by atoms with Crippen molar-refractivity contribution in [2.24, 2.45) is 5.92 Å². The van der Waals surface area contributed by atoms with Crippen LogP contribution in [0.3, 0.4) is 0 Å². The smallest absolute Gasteiger partial charge is 0.350 e. The van der Waals surface area contributed by atoms with Gasteiger partial charge in [0.15, 0.2) is 28.5 Å². The zero-order chi connectivity index (χ0) is 30.3. The molecular weight excluding hydrogens is 608 g/mol. The molecule has 3 atom stereocenters. The van der Waals surface area contributed by atoms with E-state index in [1.54, 1.807) is 6.08 Å². The Morgan fingerprint density at radius 3 is 2.63 bits per heavy atom. The summed E-state index contributed by atoms with van der Waals surface area (Å²) in [4.78, 5) is 41.2. The summed E-state index contributed by atoms with van der Waals surface area (Å²) in [5.74, 6) is -5.41. The van der Waals surface area contributed by atoms with Crippen molar-refractivity contribution in [2.75, 3.05) is 13.4 Å². The highest BCUT2D eigenvalue weighted by Gasteiger charge is 2.35. The Morgan fingerprint density at radius 1 is 1.27 bits per heavy atom. The molecule has 2 heterocycles. The summed E-state index contributed by atoms with van der Waals surface area (Å²) in [6.45, 7) is 1.37. The van der Waals surface area contributed by atoms with Gasteiger partial charge in [-0.3, -0.25) is 8.98 Å². The van der Waals surface area contributed by atoms with Crippen LogP contribution in [-0.4, -0.2) is 39.4 Å². The first-order valence-corrected chi connectivity index (χ1v) is 14.5. The summed E-state index contributed by atoms with van der Waals surface area (Å²) >= 11 is 5.13. The Morgan fingerprint density at radius 2 is 2.00 bits per heavy atom. The molecule has 0 amide bonds. The van der Waals surface area contributed by atoms with Gasteiger partial charge in [0.1, 0.15) is 34.1 Å². The second-order valence-corrected chi connectivity index (χ2v) is 10.8. The quantitative estimate of drug-likeness (QED) is 0.112. The molecule has 3 rings (SSSR count).